The molecule has 20 N–H and O–H groups in total. The number of hydrogen-bond acceptors (Lipinski definition) is 10. The first-order chi connectivity index (χ1) is 57.8. The average molecular weight is 1660 g/mol. The van der Waals surface area contributed by atoms with Crippen LogP contribution in [0.15, 0.2) is 200 Å². The molecule has 0 bridgehead atoms. The summed E-state index contributed by atoms with van der Waals surface area (Å²) in [4.78, 5) is 120. The summed E-state index contributed by atoms with van der Waals surface area (Å²) in [6.45, 7) is 11.5. The van der Waals surface area contributed by atoms with Crippen LogP contribution in [0.1, 0.15) is 201 Å². The highest BCUT2D eigenvalue weighted by atomic mass is 35.5. The van der Waals surface area contributed by atoms with Gasteiger partial charge in [-0.15, -0.1) is 0 Å². The minimum absolute atomic E-state index is 0.209. The summed E-state index contributed by atoms with van der Waals surface area (Å²) in [6, 6.07) is 58.7. The van der Waals surface area contributed by atoms with Crippen molar-refractivity contribution in [3.63, 3.8) is 0 Å². The maximum Gasteiger partial charge on any atom is 0.319 e. The van der Waals surface area contributed by atoms with Gasteiger partial charge in [-0.3, -0.25) is 0 Å². The topological polar surface area (TPSA) is 411 Å². The second-order valence-electron chi connectivity index (χ2n) is 28.0. The molecule has 30 nitrogen and oxygen atoms in total. The van der Waals surface area contributed by atoms with Crippen molar-refractivity contribution in [1.29, 1.82) is 0 Å². The Morgan fingerprint density at radius 2 is 0.538 bits per heavy atom. The number of hydrogen-bond donors (Lipinski definition) is 20. The van der Waals surface area contributed by atoms with Gasteiger partial charge in [0.15, 0.2) is 0 Å². The van der Waals surface area contributed by atoms with Crippen molar-refractivity contribution in [1.82, 2.24) is 95.7 Å². The predicted octanol–water partition coefficient (Wildman–Crippen LogP) is 15.2. The fraction of sp³-hybridized carbons (Fsp3) is 0.409. The van der Waals surface area contributed by atoms with Gasteiger partial charge in [-0.25, -0.2) is 47.9 Å². The number of unbranched alkanes of at least 4 members (excludes halogenated alkanes) is 4. The van der Waals surface area contributed by atoms with Crippen LogP contribution in [-0.4, -0.2) is 113 Å². The molecule has 0 aliphatic heterocycles. The van der Waals surface area contributed by atoms with Gasteiger partial charge in [-0.05, 0) is 109 Å². The second kappa shape index (κ2) is 59.2. The molecule has 9 rings (SSSR count). The number of carbonyl (C=O) groups excluding carboxylic acids is 10. The molecule has 7 aromatic rings. The number of urea groups is 10. The van der Waals surface area contributed by atoms with Crippen molar-refractivity contribution < 1.29 is 47.9 Å². The van der Waals surface area contributed by atoms with Crippen LogP contribution in [0.25, 0.3) is 0 Å². The van der Waals surface area contributed by atoms with Crippen LogP contribution in [0.4, 0.5) is 59.3 Å². The lowest BCUT2D eigenvalue weighted by Crippen LogP contribution is -2.48. The molecule has 7 aromatic carbocycles. The molecule has 2 saturated carbocycles. The van der Waals surface area contributed by atoms with Crippen molar-refractivity contribution in [3.05, 3.63) is 239 Å². The summed E-state index contributed by atoms with van der Waals surface area (Å²) >= 11 is 5.90. The van der Waals surface area contributed by atoms with Crippen LogP contribution in [-0.2, 0) is 13.1 Å². The molecule has 0 atom stereocenters. The summed E-state index contributed by atoms with van der Waals surface area (Å²) < 4.78 is 0. The van der Waals surface area contributed by atoms with Gasteiger partial charge in [0, 0.05) is 70.5 Å². The number of anilines is 2. The fourth-order valence-electron chi connectivity index (χ4n) is 11.9. The number of nitrogens with one attached hydrogen (secondary N) is 20. The van der Waals surface area contributed by atoms with Crippen molar-refractivity contribution in [2.45, 2.75) is 193 Å². The molecule has 0 heterocycles. The molecule has 644 valence electrons. The Labute approximate surface area is 705 Å². The molecule has 2 fully saturated rings. The minimum Gasteiger partial charge on any atom is -0.341 e. The SMILES string of the molecule is CCCCNC(=O)NC(NC(=O)NCCCC)c1ccc(Cl)cc1.CCCCNC(=O)NC(NC(=O)NCCCC)c1ccccc1.CNC(=O)NC(NC(=O)NC)c1ccccc1.O=C(NCc1ccccc1)NC(NC(=O)NCc1ccccc1)c1ccccc1.O=C(Nc1ccccc1NC(=O)NC1CCCCC1)NC1CCCCC1. The van der Waals surface area contributed by atoms with Gasteiger partial charge < -0.3 is 106 Å². The van der Waals surface area contributed by atoms with Crippen LogP contribution in [0.5, 0.6) is 0 Å². The molecule has 0 radical (unpaired) electrons. The Bertz CT molecular complexity index is 3870. The molecular formula is C88H125ClN20O10. The van der Waals surface area contributed by atoms with Crippen LogP contribution in [0, 0.1) is 0 Å². The Hall–Kier alpha value is -12.5. The number of para-hydroxylation sites is 2. The number of rotatable bonds is 32. The third-order valence-corrected chi connectivity index (χ3v) is 18.7. The number of amides is 20. The lowest BCUT2D eigenvalue weighted by atomic mass is 9.96. The minimum atomic E-state index is -0.664. The van der Waals surface area contributed by atoms with E-state index in [9.17, 15) is 47.9 Å². The van der Waals surface area contributed by atoms with Gasteiger partial charge in [0.25, 0.3) is 0 Å². The predicted molar refractivity (Wildman–Crippen MR) is 471 cm³/mol. The third-order valence-electron chi connectivity index (χ3n) is 18.4. The van der Waals surface area contributed by atoms with Crippen molar-refractivity contribution in [2.75, 3.05) is 50.9 Å². The smallest absolute Gasteiger partial charge is 0.319 e. The quantitative estimate of drug-likeness (QED) is 0.0140. The normalized spacial score (nSPS) is 12.0. The van der Waals surface area contributed by atoms with Gasteiger partial charge in [0.05, 0.1) is 11.4 Å². The summed E-state index contributed by atoms with van der Waals surface area (Å²) in [5.41, 5.74) is 6.34. The molecule has 0 aromatic heterocycles. The first kappa shape index (κ1) is 97.1. The molecule has 20 amide bonds. The third kappa shape index (κ3) is 42.8. The lowest BCUT2D eigenvalue weighted by Gasteiger charge is -2.24. The highest BCUT2D eigenvalue weighted by molar-refractivity contribution is 6.30. The maximum atomic E-state index is 12.4. The summed E-state index contributed by atoms with van der Waals surface area (Å²) in [5, 5.41) is 56.0. The van der Waals surface area contributed by atoms with E-state index in [0.717, 1.165) is 110 Å². The van der Waals surface area contributed by atoms with E-state index in [1.54, 1.807) is 36.4 Å². The zero-order valence-electron chi connectivity index (χ0n) is 69.4. The molecule has 2 aliphatic carbocycles. The summed E-state index contributed by atoms with van der Waals surface area (Å²) in [6.07, 6.45) is 16.6. The number of benzene rings is 7. The molecular weight excluding hydrogens is 1530 g/mol. The first-order valence-corrected chi connectivity index (χ1v) is 41.6. The molecule has 119 heavy (non-hydrogen) atoms. The summed E-state index contributed by atoms with van der Waals surface area (Å²) in [5.74, 6) is 0. The zero-order valence-corrected chi connectivity index (χ0v) is 70.2. The van der Waals surface area contributed by atoms with E-state index in [-0.39, 0.29) is 72.4 Å². The number of carbonyl (C=O) groups is 10. The van der Waals surface area contributed by atoms with Crippen LogP contribution < -0.4 is 106 Å². The Balaban J connectivity index is 0.000000267. The van der Waals surface area contributed by atoms with Crippen LogP contribution in [0.3, 0.4) is 0 Å². The highest BCUT2D eigenvalue weighted by Gasteiger charge is 2.23. The molecule has 0 spiro atoms. The van der Waals surface area contributed by atoms with Crippen molar-refractivity contribution >= 4 is 83.3 Å². The van der Waals surface area contributed by atoms with Crippen LogP contribution >= 0.6 is 11.6 Å². The Kier molecular flexibility index (Phi) is 48.3. The van der Waals surface area contributed by atoms with E-state index < -0.39 is 24.7 Å². The molecule has 31 heteroatoms. The molecule has 2 aliphatic rings. The first-order valence-electron chi connectivity index (χ1n) is 41.3. The standard InChI is InChI=1S/C23H24N4O2.C20H30N4O2.C17H27ClN4O2.C17H28N4O2.C11H16N4O2/c28-22(24-16-18-10-4-1-5-11-18)26-21(20-14-8-3-9-15-20)27-23(29)25-17-19-12-6-2-7-13-19;25-19(21-15-9-3-1-4-10-15)23-17-13-7-8-14-18(17)24-20(26)22-16-11-5-2-6-12-16;1-3-5-11-19-16(23)21-15(13-7-9-14(18)10-8-13)22-17(24)20-12-6-4-2;1-3-5-12-18-16(22)20-15(14-10-8-7-9-11-14)21-17(23)19-13-6-4-2;1-12-10(16)14-9(15-11(17)13-2)8-6-4-3-5-7-8/h1-15,21H,16-17H2,(H2,24,26,28)(H2,25,27,29);7-8,13-16H,1-6,9-12H2,(H2,21,23,25)(H2,22,24,26);7-10,15H,3-6,11-12H2,1-2H3,(H2,19,21,23)(H2,20,22,24);7-11,15H,3-6,12-13H2,1-2H3,(H2,18,20,22)(H2,19,21,23);3-7,9H,1-2H3,(H2,12,14,16)(H2,13,15,17). The average Bonchev–Trinajstić information content (AvgIpc) is 0.918. The van der Waals surface area contributed by atoms with Gasteiger partial charge in [0.1, 0.15) is 24.7 Å². The zero-order chi connectivity index (χ0) is 85.9. The summed E-state index contributed by atoms with van der Waals surface area (Å²) in [7, 11) is 3.02. The Morgan fingerprint density at radius 3 is 0.807 bits per heavy atom. The second-order valence-corrected chi connectivity index (χ2v) is 28.5. The van der Waals surface area contributed by atoms with Gasteiger partial charge >= 0.3 is 60.3 Å². The van der Waals surface area contributed by atoms with Gasteiger partial charge in [-0.2, -0.15) is 0 Å². The maximum absolute atomic E-state index is 12.4. The largest absolute Gasteiger partial charge is 0.341 e. The van der Waals surface area contributed by atoms with Crippen molar-refractivity contribution in [2.24, 2.45) is 0 Å². The Morgan fingerprint density at radius 1 is 0.294 bits per heavy atom. The van der Waals surface area contributed by atoms with E-state index in [1.807, 2.05) is 164 Å². The van der Waals surface area contributed by atoms with E-state index in [1.165, 1.54) is 52.6 Å². The van der Waals surface area contributed by atoms with Crippen LogP contribution in [0.2, 0.25) is 5.02 Å². The van der Waals surface area contributed by atoms with E-state index >= 15 is 0 Å². The molecule has 0 unspecified atom stereocenters. The van der Waals surface area contributed by atoms with Gasteiger partial charge in [-0.1, -0.05) is 279 Å². The van der Waals surface area contributed by atoms with Crippen molar-refractivity contribution in [3.8, 4) is 0 Å². The van der Waals surface area contributed by atoms with E-state index in [2.05, 4.69) is 134 Å². The monoisotopic (exact) mass is 1660 g/mol. The number of halogens is 1. The van der Waals surface area contributed by atoms with Gasteiger partial charge in [0.2, 0.25) is 0 Å². The fourth-order valence-corrected chi connectivity index (χ4v) is 12.0. The lowest BCUT2D eigenvalue weighted by molar-refractivity contribution is 0.224. The van der Waals surface area contributed by atoms with E-state index in [4.69, 9.17) is 11.6 Å². The van der Waals surface area contributed by atoms with E-state index in [0.29, 0.717) is 55.7 Å². The molecule has 0 saturated heterocycles. The highest BCUT2D eigenvalue weighted by Crippen LogP contribution is 2.24.